The van der Waals surface area contributed by atoms with E-state index < -0.39 is 6.10 Å². The van der Waals surface area contributed by atoms with Crippen molar-refractivity contribution < 1.29 is 9.50 Å². The number of benzene rings is 1. The zero-order chi connectivity index (χ0) is 13.7. The van der Waals surface area contributed by atoms with Gasteiger partial charge < -0.3 is 10.0 Å². The number of hydrogen-bond donors (Lipinski definition) is 1. The Hall–Kier alpha value is -1.60. The number of aliphatic hydroxyl groups excluding tert-OH is 1. The summed E-state index contributed by atoms with van der Waals surface area (Å²) >= 11 is 0. The van der Waals surface area contributed by atoms with Crippen LogP contribution in [0.3, 0.4) is 0 Å². The van der Waals surface area contributed by atoms with Crippen molar-refractivity contribution in [3.8, 4) is 6.07 Å². The highest BCUT2D eigenvalue weighted by atomic mass is 19.1. The Bertz CT molecular complexity index is 438. The minimum absolute atomic E-state index is 0.0627. The summed E-state index contributed by atoms with van der Waals surface area (Å²) in [6.07, 6.45) is -0.412. The average Bonchev–Trinajstić information content (AvgIpc) is 2.30. The molecule has 0 radical (unpaired) electrons. The second-order valence-electron chi connectivity index (χ2n) is 4.55. The Morgan fingerprint density at radius 3 is 2.56 bits per heavy atom. The molecule has 0 aliphatic heterocycles. The van der Waals surface area contributed by atoms with Gasteiger partial charge in [-0.05, 0) is 26.8 Å². The normalized spacial score (nSPS) is 12.3. The van der Waals surface area contributed by atoms with E-state index in [9.17, 15) is 9.50 Å². The molecule has 0 aliphatic carbocycles. The number of aliphatic hydroxyl groups is 1. The molecule has 4 heteroatoms. The van der Waals surface area contributed by atoms with Crippen molar-refractivity contribution in [2.24, 2.45) is 0 Å². The van der Waals surface area contributed by atoms with Gasteiger partial charge in [-0.1, -0.05) is 12.1 Å². The number of nitrogens with zero attached hydrogens (tertiary/aromatic N) is 2. The van der Waals surface area contributed by atoms with E-state index in [1.54, 1.807) is 19.1 Å². The number of para-hydroxylation sites is 1. The second-order valence-corrected chi connectivity index (χ2v) is 4.55. The lowest BCUT2D eigenvalue weighted by atomic mass is 10.1. The molecule has 0 amide bonds. The highest BCUT2D eigenvalue weighted by Crippen LogP contribution is 2.30. The van der Waals surface area contributed by atoms with Gasteiger partial charge in [-0.2, -0.15) is 5.26 Å². The molecular formula is C14H19FN2O. The summed E-state index contributed by atoms with van der Waals surface area (Å²) in [7, 11) is 0. The summed E-state index contributed by atoms with van der Waals surface area (Å²) in [6, 6.07) is 6.81. The van der Waals surface area contributed by atoms with Gasteiger partial charge in [0.05, 0.1) is 24.3 Å². The van der Waals surface area contributed by atoms with Crippen molar-refractivity contribution in [2.45, 2.75) is 39.3 Å². The maximum Gasteiger partial charge on any atom is 0.146 e. The number of anilines is 1. The Morgan fingerprint density at radius 2 is 2.06 bits per heavy atom. The van der Waals surface area contributed by atoms with Gasteiger partial charge in [-0.25, -0.2) is 4.39 Å². The predicted molar refractivity (Wildman–Crippen MR) is 69.7 cm³/mol. The van der Waals surface area contributed by atoms with E-state index in [1.807, 2.05) is 18.7 Å². The molecule has 0 aromatic heterocycles. The molecule has 3 nitrogen and oxygen atoms in total. The molecule has 0 saturated heterocycles. The van der Waals surface area contributed by atoms with Gasteiger partial charge in [0.2, 0.25) is 0 Å². The van der Waals surface area contributed by atoms with E-state index in [1.165, 1.54) is 6.07 Å². The first-order valence-corrected chi connectivity index (χ1v) is 6.09. The Balaban J connectivity index is 3.22. The zero-order valence-corrected chi connectivity index (χ0v) is 11.0. The lowest BCUT2D eigenvalue weighted by Crippen LogP contribution is -2.33. The summed E-state index contributed by atoms with van der Waals surface area (Å²) in [4.78, 5) is 1.82. The maximum absolute atomic E-state index is 14.0. The third kappa shape index (κ3) is 3.21. The van der Waals surface area contributed by atoms with Crippen LogP contribution >= 0.6 is 0 Å². The van der Waals surface area contributed by atoms with E-state index in [0.29, 0.717) is 24.2 Å². The number of nitriles is 1. The SMILES string of the molecule is CC(C)N(CCC#N)c1c(F)cccc1[C@H](C)O. The molecule has 1 rings (SSSR count). The summed E-state index contributed by atoms with van der Waals surface area (Å²) in [5.41, 5.74) is 0.958. The van der Waals surface area contributed by atoms with Gasteiger partial charge in [0.25, 0.3) is 0 Å². The number of halogens is 1. The van der Waals surface area contributed by atoms with Crippen LogP contribution in [0.1, 0.15) is 38.9 Å². The molecule has 0 fully saturated rings. The lowest BCUT2D eigenvalue weighted by Gasteiger charge is -2.31. The zero-order valence-electron chi connectivity index (χ0n) is 11.0. The molecular weight excluding hydrogens is 231 g/mol. The molecule has 0 unspecified atom stereocenters. The van der Waals surface area contributed by atoms with Gasteiger partial charge in [-0.15, -0.1) is 0 Å². The first kappa shape index (κ1) is 14.5. The summed E-state index contributed by atoms with van der Waals surface area (Å²) < 4.78 is 14.0. The molecule has 0 bridgehead atoms. The van der Waals surface area contributed by atoms with Crippen LogP contribution in [0, 0.1) is 17.1 Å². The third-order valence-corrected chi connectivity index (χ3v) is 2.84. The fourth-order valence-electron chi connectivity index (χ4n) is 1.97. The lowest BCUT2D eigenvalue weighted by molar-refractivity contribution is 0.199. The van der Waals surface area contributed by atoms with E-state index in [4.69, 9.17) is 5.26 Å². The van der Waals surface area contributed by atoms with Crippen LogP contribution < -0.4 is 4.90 Å². The molecule has 98 valence electrons. The molecule has 0 aliphatic rings. The smallest absolute Gasteiger partial charge is 0.146 e. The summed E-state index contributed by atoms with van der Waals surface area (Å²) in [5, 5.41) is 18.4. The summed E-state index contributed by atoms with van der Waals surface area (Å²) in [5.74, 6) is -0.361. The first-order valence-electron chi connectivity index (χ1n) is 6.09. The molecule has 1 atom stereocenters. The van der Waals surface area contributed by atoms with Crippen LogP contribution in [0.25, 0.3) is 0 Å². The maximum atomic E-state index is 14.0. The van der Waals surface area contributed by atoms with Crippen LogP contribution in [0.2, 0.25) is 0 Å². The average molecular weight is 250 g/mol. The number of rotatable bonds is 5. The fourth-order valence-corrected chi connectivity index (χ4v) is 1.97. The van der Waals surface area contributed by atoms with Gasteiger partial charge in [-0.3, -0.25) is 0 Å². The van der Waals surface area contributed by atoms with Crippen molar-refractivity contribution in [1.82, 2.24) is 0 Å². The largest absolute Gasteiger partial charge is 0.389 e. The summed E-state index contributed by atoms with van der Waals surface area (Å²) in [6.45, 7) is 5.95. The fraction of sp³-hybridized carbons (Fsp3) is 0.500. The van der Waals surface area contributed by atoms with Gasteiger partial charge >= 0.3 is 0 Å². The predicted octanol–water partition coefficient (Wildman–Crippen LogP) is 3.01. The van der Waals surface area contributed by atoms with E-state index in [2.05, 4.69) is 6.07 Å². The number of hydrogen-bond acceptors (Lipinski definition) is 3. The van der Waals surface area contributed by atoms with E-state index >= 15 is 0 Å². The van der Waals surface area contributed by atoms with Crippen molar-refractivity contribution >= 4 is 5.69 Å². The van der Waals surface area contributed by atoms with Crippen molar-refractivity contribution in [3.05, 3.63) is 29.6 Å². The highest BCUT2D eigenvalue weighted by molar-refractivity contribution is 5.56. The molecule has 0 saturated carbocycles. The Morgan fingerprint density at radius 1 is 1.39 bits per heavy atom. The van der Waals surface area contributed by atoms with Gasteiger partial charge in [0.1, 0.15) is 5.82 Å². The Kier molecular flexibility index (Phi) is 5.11. The van der Waals surface area contributed by atoms with E-state index in [0.717, 1.165) is 0 Å². The van der Waals surface area contributed by atoms with Gasteiger partial charge in [0.15, 0.2) is 0 Å². The quantitative estimate of drug-likeness (QED) is 0.873. The standard InChI is InChI=1S/C14H19FN2O/c1-10(2)17(9-5-8-16)14-12(11(3)18)6-4-7-13(14)15/h4,6-7,10-11,18H,5,9H2,1-3H3/t11-/m0/s1. The molecule has 1 aromatic carbocycles. The molecule has 1 aromatic rings. The van der Waals surface area contributed by atoms with E-state index in [-0.39, 0.29) is 11.9 Å². The first-order chi connectivity index (χ1) is 8.49. The van der Waals surface area contributed by atoms with Gasteiger partial charge in [0, 0.05) is 18.2 Å². The molecule has 0 spiro atoms. The van der Waals surface area contributed by atoms with Crippen molar-refractivity contribution in [3.63, 3.8) is 0 Å². The van der Waals surface area contributed by atoms with Crippen LogP contribution in [0.4, 0.5) is 10.1 Å². The minimum atomic E-state index is -0.737. The second kappa shape index (κ2) is 6.36. The van der Waals surface area contributed by atoms with Crippen LogP contribution in [0.5, 0.6) is 0 Å². The van der Waals surface area contributed by atoms with Crippen LogP contribution in [-0.4, -0.2) is 17.7 Å². The molecule has 18 heavy (non-hydrogen) atoms. The van der Waals surface area contributed by atoms with Crippen LogP contribution in [-0.2, 0) is 0 Å². The van der Waals surface area contributed by atoms with Crippen molar-refractivity contribution in [2.75, 3.05) is 11.4 Å². The minimum Gasteiger partial charge on any atom is -0.389 e. The van der Waals surface area contributed by atoms with Crippen molar-refractivity contribution in [1.29, 1.82) is 5.26 Å². The van der Waals surface area contributed by atoms with Crippen LogP contribution in [0.15, 0.2) is 18.2 Å². The highest BCUT2D eigenvalue weighted by Gasteiger charge is 2.20. The monoisotopic (exact) mass is 250 g/mol. The molecule has 0 heterocycles. The molecule has 1 N–H and O–H groups in total. The topological polar surface area (TPSA) is 47.3 Å². The third-order valence-electron chi connectivity index (χ3n) is 2.84. The Labute approximate surface area is 107 Å².